The fourth-order valence-electron chi connectivity index (χ4n) is 1.72. The molecule has 1 amide bonds. The van der Waals surface area contributed by atoms with E-state index in [1.165, 1.54) is 0 Å². The van der Waals surface area contributed by atoms with Crippen molar-refractivity contribution in [3.8, 4) is 5.75 Å². The summed E-state index contributed by atoms with van der Waals surface area (Å²) in [5.41, 5.74) is 6.59. The van der Waals surface area contributed by atoms with Crippen LogP contribution in [0.3, 0.4) is 0 Å². The molecule has 2 rings (SSSR count). The van der Waals surface area contributed by atoms with Crippen molar-refractivity contribution in [2.24, 2.45) is 5.73 Å². The molecule has 1 aromatic rings. The van der Waals surface area contributed by atoms with E-state index in [9.17, 15) is 4.79 Å². The molecule has 4 nitrogen and oxygen atoms in total. The van der Waals surface area contributed by atoms with Gasteiger partial charge in [0.2, 0.25) is 0 Å². The number of nitrogens with zero attached hydrogens (tertiary/aromatic N) is 1. The number of hydrogen-bond acceptors (Lipinski definition) is 3. The largest absolute Gasteiger partial charge is 0.488 e. The molecule has 1 aliphatic carbocycles. The average Bonchev–Trinajstić information content (AvgIpc) is 2.99. The minimum Gasteiger partial charge on any atom is -0.488 e. The smallest absolute Gasteiger partial charge is 0.252 e. The maximum Gasteiger partial charge on any atom is 0.252 e. The molecule has 0 atom stereocenters. The lowest BCUT2D eigenvalue weighted by Gasteiger charge is -2.22. The highest BCUT2D eigenvalue weighted by Gasteiger charge is 2.29. The molecule has 4 heteroatoms. The maximum atomic E-state index is 11.6. The molecule has 1 aliphatic rings. The first-order valence-corrected chi connectivity index (χ1v) is 5.84. The van der Waals surface area contributed by atoms with Gasteiger partial charge in [-0.2, -0.15) is 0 Å². The third-order valence-electron chi connectivity index (χ3n) is 2.78. The van der Waals surface area contributed by atoms with Crippen molar-refractivity contribution in [1.29, 1.82) is 0 Å². The van der Waals surface area contributed by atoms with Crippen LogP contribution in [0.1, 0.15) is 49.5 Å². The van der Waals surface area contributed by atoms with Gasteiger partial charge in [-0.15, -0.1) is 0 Å². The molecule has 1 saturated carbocycles. The van der Waals surface area contributed by atoms with Gasteiger partial charge in [0, 0.05) is 6.20 Å². The normalized spacial score (nSPS) is 15.7. The first-order chi connectivity index (χ1) is 7.89. The van der Waals surface area contributed by atoms with Gasteiger partial charge in [0.25, 0.3) is 5.91 Å². The minimum atomic E-state index is -0.451. The zero-order valence-corrected chi connectivity index (χ0v) is 10.5. The Morgan fingerprint density at radius 2 is 2.06 bits per heavy atom. The summed E-state index contributed by atoms with van der Waals surface area (Å²) in [6, 6.07) is 0. The van der Waals surface area contributed by atoms with Gasteiger partial charge in [0.05, 0.1) is 17.9 Å². The molecular formula is C13H18N2O2. The topological polar surface area (TPSA) is 65.2 Å². The van der Waals surface area contributed by atoms with E-state index in [1.807, 2.05) is 20.8 Å². The fourth-order valence-corrected chi connectivity index (χ4v) is 1.72. The predicted octanol–water partition coefficient (Wildman–Crippen LogP) is 2.02. The lowest BCUT2D eigenvalue weighted by molar-refractivity contribution is 0.0993. The number of carbonyl (C=O) groups excluding carboxylic acids is 1. The van der Waals surface area contributed by atoms with Gasteiger partial charge in [-0.25, -0.2) is 0 Å². The lowest BCUT2D eigenvalue weighted by Crippen LogP contribution is -2.23. The Kier molecular flexibility index (Phi) is 2.81. The Morgan fingerprint density at radius 1 is 1.41 bits per heavy atom. The van der Waals surface area contributed by atoms with Gasteiger partial charge in [-0.3, -0.25) is 9.78 Å². The summed E-state index contributed by atoms with van der Waals surface area (Å²) in [4.78, 5) is 15.7. The number of primary amides is 1. The predicted molar refractivity (Wildman–Crippen MR) is 65.1 cm³/mol. The second kappa shape index (κ2) is 4.02. The molecule has 0 radical (unpaired) electrons. The molecule has 2 N–H and O–H groups in total. The molecule has 92 valence electrons. The molecule has 0 aromatic carbocycles. The monoisotopic (exact) mass is 234 g/mol. The van der Waals surface area contributed by atoms with Crippen molar-refractivity contribution >= 4 is 5.91 Å². The number of nitrogens with two attached hydrogens (primary N) is 1. The molecule has 1 heterocycles. The molecule has 0 unspecified atom stereocenters. The average molecular weight is 234 g/mol. The van der Waals surface area contributed by atoms with Crippen molar-refractivity contribution in [2.75, 3.05) is 0 Å². The van der Waals surface area contributed by atoms with Crippen LogP contribution in [0.15, 0.2) is 12.4 Å². The SMILES string of the molecule is CC(C)(C)c1cncc(OC2CC2)c1C(N)=O. The van der Waals surface area contributed by atoms with Crippen LogP contribution in [0.5, 0.6) is 5.75 Å². The molecule has 17 heavy (non-hydrogen) atoms. The zero-order valence-electron chi connectivity index (χ0n) is 10.5. The van der Waals surface area contributed by atoms with E-state index in [1.54, 1.807) is 12.4 Å². The van der Waals surface area contributed by atoms with Crippen LogP contribution in [-0.2, 0) is 5.41 Å². The summed E-state index contributed by atoms with van der Waals surface area (Å²) >= 11 is 0. The highest BCUT2D eigenvalue weighted by atomic mass is 16.5. The molecule has 0 bridgehead atoms. The number of carbonyl (C=O) groups is 1. The van der Waals surface area contributed by atoms with Crippen LogP contribution in [0, 0.1) is 0 Å². The van der Waals surface area contributed by atoms with Crippen molar-refractivity contribution < 1.29 is 9.53 Å². The second-order valence-electron chi connectivity index (χ2n) is 5.49. The molecule has 1 fully saturated rings. The van der Waals surface area contributed by atoms with Crippen LogP contribution in [0.4, 0.5) is 0 Å². The van der Waals surface area contributed by atoms with Crippen LogP contribution >= 0.6 is 0 Å². The van der Waals surface area contributed by atoms with Crippen molar-refractivity contribution in [2.45, 2.75) is 45.1 Å². The number of ether oxygens (including phenoxy) is 1. The molecular weight excluding hydrogens is 216 g/mol. The van der Waals surface area contributed by atoms with Crippen LogP contribution in [0.2, 0.25) is 0 Å². The standard InChI is InChI=1S/C13H18N2O2/c1-13(2,3)9-6-15-7-10(11(9)12(14)16)17-8-4-5-8/h6-8H,4-5H2,1-3H3,(H2,14,16). The highest BCUT2D eigenvalue weighted by Crippen LogP contribution is 2.34. The Hall–Kier alpha value is -1.58. The van der Waals surface area contributed by atoms with Crippen molar-refractivity contribution in [1.82, 2.24) is 4.98 Å². The van der Waals surface area contributed by atoms with Crippen LogP contribution in [-0.4, -0.2) is 17.0 Å². The van der Waals surface area contributed by atoms with Crippen LogP contribution in [0.25, 0.3) is 0 Å². The van der Waals surface area contributed by atoms with Gasteiger partial charge in [0.15, 0.2) is 5.75 Å². The highest BCUT2D eigenvalue weighted by molar-refractivity contribution is 5.97. The summed E-state index contributed by atoms with van der Waals surface area (Å²) in [5.74, 6) is 0.0698. The van der Waals surface area contributed by atoms with E-state index in [4.69, 9.17) is 10.5 Å². The van der Waals surface area contributed by atoms with E-state index in [0.29, 0.717) is 11.3 Å². The van der Waals surface area contributed by atoms with Gasteiger partial charge in [0.1, 0.15) is 0 Å². The van der Waals surface area contributed by atoms with Gasteiger partial charge < -0.3 is 10.5 Å². The third-order valence-corrected chi connectivity index (χ3v) is 2.78. The van der Waals surface area contributed by atoms with E-state index < -0.39 is 5.91 Å². The molecule has 0 spiro atoms. The summed E-state index contributed by atoms with van der Waals surface area (Å²) in [6.45, 7) is 6.08. The van der Waals surface area contributed by atoms with E-state index >= 15 is 0 Å². The second-order valence-corrected chi connectivity index (χ2v) is 5.49. The van der Waals surface area contributed by atoms with Crippen LogP contribution < -0.4 is 10.5 Å². The summed E-state index contributed by atoms with van der Waals surface area (Å²) in [5, 5.41) is 0. The minimum absolute atomic E-state index is 0.180. The fraction of sp³-hybridized carbons (Fsp3) is 0.538. The van der Waals surface area contributed by atoms with Gasteiger partial charge >= 0.3 is 0 Å². The van der Waals surface area contributed by atoms with Crippen molar-refractivity contribution in [3.63, 3.8) is 0 Å². The van der Waals surface area contributed by atoms with E-state index in [0.717, 1.165) is 18.4 Å². The third kappa shape index (κ3) is 2.57. The van der Waals surface area contributed by atoms with E-state index in [2.05, 4.69) is 4.98 Å². The molecule has 0 saturated heterocycles. The Bertz CT molecular complexity index is 445. The summed E-state index contributed by atoms with van der Waals surface area (Å²) in [7, 11) is 0. The maximum absolute atomic E-state index is 11.6. The first kappa shape index (κ1) is 11.9. The quantitative estimate of drug-likeness (QED) is 0.870. The lowest BCUT2D eigenvalue weighted by atomic mass is 9.84. The summed E-state index contributed by atoms with van der Waals surface area (Å²) < 4.78 is 5.69. The number of aromatic nitrogens is 1. The Labute approximate surface area is 101 Å². The first-order valence-electron chi connectivity index (χ1n) is 5.84. The zero-order chi connectivity index (χ0) is 12.6. The van der Waals surface area contributed by atoms with Gasteiger partial charge in [-0.1, -0.05) is 20.8 Å². The van der Waals surface area contributed by atoms with Crippen molar-refractivity contribution in [3.05, 3.63) is 23.5 Å². The Morgan fingerprint density at radius 3 is 2.53 bits per heavy atom. The number of pyridine rings is 1. The molecule has 1 aromatic heterocycles. The number of rotatable bonds is 3. The number of hydrogen-bond donors (Lipinski definition) is 1. The number of amides is 1. The Balaban J connectivity index is 2.47. The summed E-state index contributed by atoms with van der Waals surface area (Å²) in [6.07, 6.45) is 5.58. The molecule has 0 aliphatic heterocycles. The van der Waals surface area contributed by atoms with Gasteiger partial charge in [-0.05, 0) is 23.8 Å². The van der Waals surface area contributed by atoms with E-state index in [-0.39, 0.29) is 11.5 Å².